The van der Waals surface area contributed by atoms with Gasteiger partial charge in [-0.05, 0) is 63.1 Å². The molecule has 0 saturated carbocycles. The van der Waals surface area contributed by atoms with Gasteiger partial charge in [-0.25, -0.2) is 18.8 Å². The smallest absolute Gasteiger partial charge is 0.276 e. The summed E-state index contributed by atoms with van der Waals surface area (Å²) in [6, 6.07) is 4.61. The Morgan fingerprint density at radius 3 is 2.61 bits per heavy atom. The first-order valence-electron chi connectivity index (χ1n) is 12.9. The van der Waals surface area contributed by atoms with E-state index in [2.05, 4.69) is 10.4 Å². The summed E-state index contributed by atoms with van der Waals surface area (Å²) in [5.74, 6) is 1.10. The maximum absolute atomic E-state index is 13.5. The number of hydrogen-bond acceptors (Lipinski definition) is 8. The van der Waals surface area contributed by atoms with Crippen molar-refractivity contribution in [2.75, 3.05) is 37.9 Å². The molecule has 0 aliphatic carbocycles. The summed E-state index contributed by atoms with van der Waals surface area (Å²) in [7, 11) is -3.74. The minimum Gasteiger partial charge on any atom is -0.493 e. The number of ether oxygens (including phenoxy) is 1. The van der Waals surface area contributed by atoms with Crippen LogP contribution in [0.15, 0.2) is 27.9 Å². The fourth-order valence-electron chi connectivity index (χ4n) is 4.90. The number of rotatable bonds is 10. The number of aromatic nitrogens is 2. The minimum absolute atomic E-state index is 0.121. The Hall–Kier alpha value is -2.47. The number of H-pyrrole nitrogens is 1. The molecule has 0 bridgehead atoms. The standard InChI is InChI=1S/C25H37N5O5S/c1-4-11-30-23-22(17(3)28-30)26-24(27-25(23)32)20-16-19(6-7-21(20)35-15-5-2)36(33,34)29-12-8-18(9-13-29)10-14-31/h6-7,16-18,28,31H,4-5,8-15H2,1-3H3,(H,26,27,32). The second-order valence-electron chi connectivity index (χ2n) is 9.52. The van der Waals surface area contributed by atoms with Crippen LogP contribution in [0.25, 0.3) is 11.4 Å². The number of nitrogens with zero attached hydrogens (tertiary/aromatic N) is 3. The molecule has 10 nitrogen and oxygen atoms in total. The van der Waals surface area contributed by atoms with Crippen molar-refractivity contribution < 1.29 is 18.3 Å². The lowest BCUT2D eigenvalue weighted by molar-refractivity contribution is 0.208. The van der Waals surface area contributed by atoms with Crippen LogP contribution in [0.3, 0.4) is 0 Å². The molecule has 1 atom stereocenters. The zero-order valence-electron chi connectivity index (χ0n) is 21.3. The number of anilines is 1. The Labute approximate surface area is 212 Å². The lowest BCUT2D eigenvalue weighted by atomic mass is 9.95. The van der Waals surface area contributed by atoms with Crippen molar-refractivity contribution in [2.45, 2.75) is 63.8 Å². The number of piperidine rings is 1. The van der Waals surface area contributed by atoms with E-state index >= 15 is 0 Å². The summed E-state index contributed by atoms with van der Waals surface area (Å²) >= 11 is 0. The summed E-state index contributed by atoms with van der Waals surface area (Å²) in [4.78, 5) is 20.9. The van der Waals surface area contributed by atoms with E-state index in [1.54, 1.807) is 18.2 Å². The van der Waals surface area contributed by atoms with E-state index in [1.807, 2.05) is 25.8 Å². The van der Waals surface area contributed by atoms with Crippen LogP contribution < -0.4 is 20.7 Å². The summed E-state index contributed by atoms with van der Waals surface area (Å²) in [5.41, 5.74) is 4.58. The van der Waals surface area contributed by atoms with Crippen molar-refractivity contribution in [1.82, 2.24) is 19.7 Å². The number of hydrogen-bond donors (Lipinski definition) is 3. The van der Waals surface area contributed by atoms with E-state index in [4.69, 9.17) is 9.72 Å². The number of aromatic amines is 1. The van der Waals surface area contributed by atoms with Crippen LogP contribution in [-0.2, 0) is 10.0 Å². The van der Waals surface area contributed by atoms with Crippen molar-refractivity contribution in [1.29, 1.82) is 0 Å². The third kappa shape index (κ3) is 5.29. The maximum atomic E-state index is 13.5. The summed E-state index contributed by atoms with van der Waals surface area (Å²) in [6.45, 7) is 8.06. The molecule has 11 heteroatoms. The van der Waals surface area contributed by atoms with Crippen LogP contribution in [0, 0.1) is 5.92 Å². The minimum atomic E-state index is -3.74. The second kappa shape index (κ2) is 11.3. The molecule has 1 unspecified atom stereocenters. The van der Waals surface area contributed by atoms with Gasteiger partial charge in [-0.2, -0.15) is 4.31 Å². The Morgan fingerprint density at radius 2 is 1.94 bits per heavy atom. The highest BCUT2D eigenvalue weighted by Crippen LogP contribution is 2.35. The van der Waals surface area contributed by atoms with E-state index in [0.29, 0.717) is 61.3 Å². The van der Waals surface area contributed by atoms with Gasteiger partial charge < -0.3 is 19.8 Å². The molecule has 3 N–H and O–H groups in total. The second-order valence-corrected chi connectivity index (χ2v) is 11.5. The molecular formula is C25H37N5O5S. The largest absolute Gasteiger partial charge is 0.493 e. The summed E-state index contributed by atoms with van der Waals surface area (Å²) in [6.07, 6.45) is 3.80. The quantitative estimate of drug-likeness (QED) is 0.437. The van der Waals surface area contributed by atoms with Gasteiger partial charge in [0.05, 0.1) is 28.8 Å². The van der Waals surface area contributed by atoms with Crippen molar-refractivity contribution >= 4 is 15.7 Å². The van der Waals surface area contributed by atoms with E-state index < -0.39 is 10.0 Å². The highest BCUT2D eigenvalue weighted by molar-refractivity contribution is 7.89. The van der Waals surface area contributed by atoms with Gasteiger partial charge in [0.1, 0.15) is 17.3 Å². The molecule has 0 spiro atoms. The molecule has 0 amide bonds. The number of aliphatic hydroxyl groups is 1. The predicted molar refractivity (Wildman–Crippen MR) is 138 cm³/mol. The van der Waals surface area contributed by atoms with E-state index in [1.165, 1.54) is 4.31 Å². The molecule has 36 heavy (non-hydrogen) atoms. The van der Waals surface area contributed by atoms with Crippen LogP contribution in [0.1, 0.15) is 64.6 Å². The van der Waals surface area contributed by atoms with E-state index in [-0.39, 0.29) is 28.9 Å². The van der Waals surface area contributed by atoms with Gasteiger partial charge in [-0.1, -0.05) is 13.8 Å². The maximum Gasteiger partial charge on any atom is 0.276 e. The van der Waals surface area contributed by atoms with Gasteiger partial charge in [-0.15, -0.1) is 0 Å². The molecule has 1 fully saturated rings. The number of nitrogens with one attached hydrogen (secondary N) is 2. The molecule has 2 aliphatic heterocycles. The number of hydrazine groups is 1. The fraction of sp³-hybridized carbons (Fsp3) is 0.600. The van der Waals surface area contributed by atoms with Crippen molar-refractivity contribution in [3.05, 3.63) is 34.2 Å². The SMILES string of the molecule is CCCOc1ccc(S(=O)(=O)N2CCC(CCO)CC2)cc1-c1nc2c(c(=O)[nH]1)N(CCC)NC2C. The molecule has 198 valence electrons. The average molecular weight is 520 g/mol. The normalized spacial score (nSPS) is 19.0. The van der Waals surface area contributed by atoms with E-state index in [0.717, 1.165) is 25.7 Å². The van der Waals surface area contributed by atoms with Crippen LogP contribution in [0.5, 0.6) is 5.75 Å². The van der Waals surface area contributed by atoms with Gasteiger partial charge in [0, 0.05) is 26.2 Å². The number of benzene rings is 1. The Balaban J connectivity index is 1.72. The van der Waals surface area contributed by atoms with Crippen molar-refractivity contribution in [2.24, 2.45) is 5.92 Å². The molecular weight excluding hydrogens is 482 g/mol. The Kier molecular flexibility index (Phi) is 8.34. The lowest BCUT2D eigenvalue weighted by Gasteiger charge is -2.31. The van der Waals surface area contributed by atoms with Crippen molar-refractivity contribution in [3.63, 3.8) is 0 Å². The molecule has 2 aliphatic rings. The van der Waals surface area contributed by atoms with Crippen LogP contribution in [0.2, 0.25) is 0 Å². The van der Waals surface area contributed by atoms with Crippen LogP contribution in [-0.4, -0.2) is 60.6 Å². The third-order valence-corrected chi connectivity index (χ3v) is 8.71. The average Bonchev–Trinajstić information content (AvgIpc) is 3.19. The van der Waals surface area contributed by atoms with Crippen LogP contribution in [0.4, 0.5) is 5.69 Å². The first-order valence-corrected chi connectivity index (χ1v) is 14.3. The third-order valence-electron chi connectivity index (χ3n) is 6.82. The van der Waals surface area contributed by atoms with E-state index in [9.17, 15) is 18.3 Å². The number of fused-ring (bicyclic) bond motifs is 1. The molecule has 4 rings (SSSR count). The molecule has 1 aromatic carbocycles. The zero-order chi connectivity index (χ0) is 25.9. The van der Waals surface area contributed by atoms with Gasteiger partial charge in [0.15, 0.2) is 0 Å². The number of sulfonamides is 1. The van der Waals surface area contributed by atoms with Gasteiger partial charge >= 0.3 is 0 Å². The fourth-order valence-corrected chi connectivity index (χ4v) is 6.39. The topological polar surface area (TPSA) is 128 Å². The molecule has 1 saturated heterocycles. The molecule has 2 aromatic rings. The van der Waals surface area contributed by atoms with Gasteiger partial charge in [0.25, 0.3) is 5.56 Å². The summed E-state index contributed by atoms with van der Waals surface area (Å²) in [5, 5.41) is 11.0. The molecule has 0 radical (unpaired) electrons. The first kappa shape index (κ1) is 26.6. The summed E-state index contributed by atoms with van der Waals surface area (Å²) < 4.78 is 34.4. The lowest BCUT2D eigenvalue weighted by Crippen LogP contribution is -2.38. The Bertz CT molecular complexity index is 1220. The molecule has 3 heterocycles. The van der Waals surface area contributed by atoms with Crippen LogP contribution >= 0.6 is 0 Å². The molecule has 1 aromatic heterocycles. The highest BCUT2D eigenvalue weighted by atomic mass is 32.2. The first-order chi connectivity index (χ1) is 17.3. The predicted octanol–water partition coefficient (Wildman–Crippen LogP) is 2.80. The number of aliphatic hydroxyl groups excluding tert-OH is 1. The highest BCUT2D eigenvalue weighted by Gasteiger charge is 2.32. The zero-order valence-corrected chi connectivity index (χ0v) is 22.1. The van der Waals surface area contributed by atoms with Crippen molar-refractivity contribution in [3.8, 4) is 17.1 Å². The monoisotopic (exact) mass is 519 g/mol. The van der Waals surface area contributed by atoms with Gasteiger partial charge in [-0.3, -0.25) is 4.79 Å². The van der Waals surface area contributed by atoms with Gasteiger partial charge in [0.2, 0.25) is 10.0 Å². The Morgan fingerprint density at radius 1 is 1.19 bits per heavy atom.